The lowest BCUT2D eigenvalue weighted by Gasteiger charge is -2.30. The number of thiazole rings is 2. The van der Waals surface area contributed by atoms with Crippen molar-refractivity contribution in [3.63, 3.8) is 0 Å². The summed E-state index contributed by atoms with van der Waals surface area (Å²) < 4.78 is 0. The van der Waals surface area contributed by atoms with Gasteiger partial charge in [-0.25, -0.2) is 9.97 Å². The molecule has 4 N–H and O–H groups in total. The van der Waals surface area contributed by atoms with Gasteiger partial charge in [-0.05, 0) is 56.6 Å². The Morgan fingerprint density at radius 3 is 2.28 bits per heavy atom. The Bertz CT molecular complexity index is 1500. The van der Waals surface area contributed by atoms with Gasteiger partial charge in [0.2, 0.25) is 11.8 Å². The predicted octanol–water partition coefficient (Wildman–Crippen LogP) is 4.40. The maximum absolute atomic E-state index is 13.5. The number of nitrogens with one attached hydrogen (secondary N) is 4. The van der Waals surface area contributed by atoms with E-state index < -0.39 is 6.04 Å². The van der Waals surface area contributed by atoms with E-state index in [1.165, 1.54) is 22.7 Å². The number of fused-ring (bicyclic) bond motifs is 4. The Balaban J connectivity index is 1.39. The average molecular weight is 680 g/mol. The van der Waals surface area contributed by atoms with Crippen LogP contribution in [0.3, 0.4) is 0 Å². The van der Waals surface area contributed by atoms with Crippen molar-refractivity contribution in [2.24, 2.45) is 5.92 Å². The van der Waals surface area contributed by atoms with E-state index in [-0.39, 0.29) is 53.7 Å². The number of amides is 4. The van der Waals surface area contributed by atoms with Gasteiger partial charge in [-0.15, -0.1) is 22.7 Å². The molecule has 3 aromatic rings. The van der Waals surface area contributed by atoms with Crippen LogP contribution in [0.25, 0.3) is 0 Å². The summed E-state index contributed by atoms with van der Waals surface area (Å²) in [6.45, 7) is 6.30. The molecule has 2 aliphatic heterocycles. The third-order valence-corrected chi connectivity index (χ3v) is 10.3. The van der Waals surface area contributed by atoms with E-state index in [0.29, 0.717) is 61.0 Å². The van der Waals surface area contributed by atoms with E-state index in [1.54, 1.807) is 10.8 Å². The topological polar surface area (TPSA) is 145 Å². The molecule has 3 atom stereocenters. The van der Waals surface area contributed by atoms with Gasteiger partial charge in [-0.2, -0.15) is 0 Å². The zero-order valence-corrected chi connectivity index (χ0v) is 28.8. The summed E-state index contributed by atoms with van der Waals surface area (Å²) in [5.74, 6) is -0.411. The van der Waals surface area contributed by atoms with Gasteiger partial charge in [-0.1, -0.05) is 50.6 Å². The van der Waals surface area contributed by atoms with Crippen LogP contribution in [0.1, 0.15) is 107 Å². The molecule has 0 unspecified atom stereocenters. The maximum Gasteiger partial charge on any atom is 0.271 e. The van der Waals surface area contributed by atoms with Crippen molar-refractivity contribution < 1.29 is 19.2 Å². The molecule has 11 nitrogen and oxygen atoms in total. The van der Waals surface area contributed by atoms with Crippen molar-refractivity contribution in [2.45, 2.75) is 83.3 Å². The molecule has 1 fully saturated rings. The quantitative estimate of drug-likeness (QED) is 0.313. The number of nitrogens with zero attached hydrogens (tertiary/aromatic N) is 3. The lowest BCUT2D eigenvalue weighted by molar-refractivity contribution is -0.134. The molecule has 4 heterocycles. The lowest BCUT2D eigenvalue weighted by Crippen LogP contribution is -2.49. The van der Waals surface area contributed by atoms with Gasteiger partial charge in [0.15, 0.2) is 0 Å². The first-order chi connectivity index (χ1) is 22.8. The highest BCUT2D eigenvalue weighted by Crippen LogP contribution is 2.27. The fourth-order valence-corrected chi connectivity index (χ4v) is 7.67. The molecule has 252 valence electrons. The molecule has 0 aliphatic carbocycles. The van der Waals surface area contributed by atoms with Crippen molar-refractivity contribution in [3.05, 3.63) is 68.1 Å². The van der Waals surface area contributed by atoms with Crippen LogP contribution >= 0.6 is 22.7 Å². The second-order valence-electron chi connectivity index (χ2n) is 12.6. The Labute approximate surface area is 284 Å². The smallest absolute Gasteiger partial charge is 0.271 e. The Morgan fingerprint density at radius 1 is 0.872 bits per heavy atom. The number of benzene rings is 1. The highest BCUT2D eigenvalue weighted by Gasteiger charge is 2.27. The summed E-state index contributed by atoms with van der Waals surface area (Å²) in [7, 11) is 0. The van der Waals surface area contributed by atoms with Gasteiger partial charge in [0.25, 0.3) is 11.8 Å². The Kier molecular flexibility index (Phi) is 12.5. The van der Waals surface area contributed by atoms with Crippen LogP contribution in [0.4, 0.5) is 0 Å². The molecule has 13 heteroatoms. The SMILES string of the molecule is CC(C)C[C@@H]1NC(=O)CCCN(C(=O)[C@H]2CCCCN2)CCCNC(=O)c2csc(n2)[C@H](Cc2ccccc2)NC(=O)c2csc1n2. The van der Waals surface area contributed by atoms with Crippen molar-refractivity contribution >= 4 is 46.3 Å². The van der Waals surface area contributed by atoms with Crippen LogP contribution < -0.4 is 21.3 Å². The summed E-state index contributed by atoms with van der Waals surface area (Å²) in [5.41, 5.74) is 1.59. The Hall–Kier alpha value is -3.68. The van der Waals surface area contributed by atoms with E-state index in [1.807, 2.05) is 35.2 Å². The van der Waals surface area contributed by atoms with Crippen LogP contribution in [0.5, 0.6) is 0 Å². The first-order valence-corrected chi connectivity index (χ1v) is 18.4. The predicted molar refractivity (Wildman–Crippen MR) is 183 cm³/mol. The maximum atomic E-state index is 13.5. The van der Waals surface area contributed by atoms with Gasteiger partial charge in [0, 0.05) is 36.8 Å². The summed E-state index contributed by atoms with van der Waals surface area (Å²) >= 11 is 2.68. The van der Waals surface area contributed by atoms with Crippen LogP contribution in [0, 0.1) is 5.92 Å². The molecular formula is C34H45N7O4S2. The lowest BCUT2D eigenvalue weighted by atomic mass is 10.0. The largest absolute Gasteiger partial charge is 0.351 e. The van der Waals surface area contributed by atoms with E-state index in [9.17, 15) is 19.2 Å². The number of carbonyl (C=O) groups excluding carboxylic acids is 4. The van der Waals surface area contributed by atoms with Gasteiger partial charge >= 0.3 is 0 Å². The summed E-state index contributed by atoms with van der Waals surface area (Å²) in [5, 5.41) is 17.3. The normalized spacial score (nSPS) is 22.1. The van der Waals surface area contributed by atoms with Gasteiger partial charge < -0.3 is 26.2 Å². The van der Waals surface area contributed by atoms with E-state index in [4.69, 9.17) is 0 Å². The first kappa shape index (κ1) is 34.6. The second-order valence-corrected chi connectivity index (χ2v) is 14.4. The van der Waals surface area contributed by atoms with Crippen molar-refractivity contribution in [1.29, 1.82) is 0 Å². The van der Waals surface area contributed by atoms with E-state index in [0.717, 1.165) is 31.4 Å². The van der Waals surface area contributed by atoms with Crippen LogP contribution in [-0.2, 0) is 16.0 Å². The molecule has 1 saturated heterocycles. The molecule has 1 aromatic carbocycles. The molecule has 0 spiro atoms. The summed E-state index contributed by atoms with van der Waals surface area (Å²) in [6.07, 6.45) is 5.39. The van der Waals surface area contributed by atoms with Crippen LogP contribution in [0.15, 0.2) is 41.1 Å². The summed E-state index contributed by atoms with van der Waals surface area (Å²) in [4.78, 5) is 64.4. The van der Waals surface area contributed by atoms with E-state index >= 15 is 0 Å². The average Bonchev–Trinajstić information content (AvgIpc) is 3.77. The minimum absolute atomic E-state index is 0.0496. The van der Waals surface area contributed by atoms with Crippen molar-refractivity contribution in [2.75, 3.05) is 26.2 Å². The molecule has 5 rings (SSSR count). The molecule has 2 aliphatic rings. The number of hydrogen-bond donors (Lipinski definition) is 4. The zero-order valence-electron chi connectivity index (χ0n) is 27.1. The highest BCUT2D eigenvalue weighted by atomic mass is 32.1. The first-order valence-electron chi connectivity index (χ1n) is 16.6. The highest BCUT2D eigenvalue weighted by molar-refractivity contribution is 7.10. The molecule has 0 saturated carbocycles. The third-order valence-electron chi connectivity index (χ3n) is 8.38. The fraction of sp³-hybridized carbons (Fsp3) is 0.529. The van der Waals surface area contributed by atoms with Crippen LogP contribution in [0.2, 0.25) is 0 Å². The number of aromatic nitrogens is 2. The fourth-order valence-electron chi connectivity index (χ4n) is 5.95. The minimum Gasteiger partial charge on any atom is -0.351 e. The standard InChI is InChI=1S/C34H45N7O4S2/c1-22(2)18-25-32-40-28(21-47-32)31(44)38-26(19-23-10-4-3-5-11-23)33-39-27(20-46-33)30(43)36-15-9-17-41(16-8-13-29(42)37-25)34(45)24-12-6-7-14-35-24/h3-5,10-11,20-22,24-26,35H,6-9,12-19H2,1-2H3,(H,36,43)(H,37,42)(H,38,44)/t24-,25+,26+/m1/s1. The molecule has 47 heavy (non-hydrogen) atoms. The zero-order chi connectivity index (χ0) is 33.2. The van der Waals surface area contributed by atoms with Crippen LogP contribution in [-0.4, -0.2) is 70.7 Å². The molecule has 4 bridgehead atoms. The number of hydrogen-bond acceptors (Lipinski definition) is 9. The van der Waals surface area contributed by atoms with Crippen molar-refractivity contribution in [1.82, 2.24) is 36.1 Å². The molecule has 2 aromatic heterocycles. The Morgan fingerprint density at radius 2 is 1.57 bits per heavy atom. The number of carbonyl (C=O) groups is 4. The summed E-state index contributed by atoms with van der Waals surface area (Å²) in [6, 6.07) is 8.79. The molecule has 0 radical (unpaired) electrons. The van der Waals surface area contributed by atoms with Crippen molar-refractivity contribution in [3.8, 4) is 0 Å². The molecular weight excluding hydrogens is 635 g/mol. The number of piperidine rings is 1. The van der Waals surface area contributed by atoms with Gasteiger partial charge in [0.1, 0.15) is 21.4 Å². The molecule has 4 amide bonds. The van der Waals surface area contributed by atoms with E-state index in [2.05, 4.69) is 45.1 Å². The monoisotopic (exact) mass is 679 g/mol. The number of rotatable bonds is 5. The second kappa shape index (κ2) is 16.9. The minimum atomic E-state index is -0.477. The van der Waals surface area contributed by atoms with Gasteiger partial charge in [0.05, 0.1) is 18.1 Å². The van der Waals surface area contributed by atoms with Gasteiger partial charge in [-0.3, -0.25) is 19.2 Å². The third kappa shape index (κ3) is 9.91.